The third-order valence-corrected chi connectivity index (χ3v) is 3.39. The topological polar surface area (TPSA) is 73.2 Å². The lowest BCUT2D eigenvalue weighted by molar-refractivity contribution is -0.837. The van der Waals surface area contributed by atoms with Crippen molar-refractivity contribution in [3.05, 3.63) is 66.2 Å². The van der Waals surface area contributed by atoms with Gasteiger partial charge in [0.05, 0.1) is 16.4 Å². The molecule has 3 rings (SSSR count). The normalized spacial score (nSPS) is 13.8. The van der Waals surface area contributed by atoms with E-state index in [-0.39, 0.29) is 5.69 Å². The van der Waals surface area contributed by atoms with Gasteiger partial charge >= 0.3 is 5.72 Å². The summed E-state index contributed by atoms with van der Waals surface area (Å²) in [6, 6.07) is 18.0. The first-order valence-corrected chi connectivity index (χ1v) is 6.53. The van der Waals surface area contributed by atoms with Crippen LogP contribution in [0.2, 0.25) is 0 Å². The van der Waals surface area contributed by atoms with Crippen LogP contribution in [0.1, 0.15) is 12.5 Å². The van der Waals surface area contributed by atoms with Crippen molar-refractivity contribution in [3.63, 3.8) is 0 Å². The number of nitrogens with zero attached hydrogens (tertiary/aromatic N) is 2. The summed E-state index contributed by atoms with van der Waals surface area (Å²) < 4.78 is 5.96. The van der Waals surface area contributed by atoms with E-state index in [4.69, 9.17) is 4.52 Å². The molecule has 0 aliphatic rings. The zero-order chi connectivity index (χ0) is 14.9. The van der Waals surface area contributed by atoms with Crippen LogP contribution in [0.3, 0.4) is 0 Å². The number of hydrogen-bond acceptors (Lipinski definition) is 4. The summed E-state index contributed by atoms with van der Waals surface area (Å²) in [6.45, 7) is 1.57. The monoisotopic (exact) mass is 282 g/mol. The highest BCUT2D eigenvalue weighted by Crippen LogP contribution is 2.26. The van der Waals surface area contributed by atoms with Crippen molar-refractivity contribution in [2.75, 3.05) is 0 Å². The van der Waals surface area contributed by atoms with Crippen LogP contribution < -0.4 is 9.79 Å². The summed E-state index contributed by atoms with van der Waals surface area (Å²) in [5.41, 5.74) is -0.0246. The van der Waals surface area contributed by atoms with Gasteiger partial charge in [0.25, 0.3) is 5.69 Å². The number of rotatable bonds is 3. The molecule has 1 aromatic heterocycles. The van der Waals surface area contributed by atoms with E-state index in [0.29, 0.717) is 11.1 Å². The molecule has 0 spiro atoms. The van der Waals surface area contributed by atoms with E-state index in [2.05, 4.69) is 5.27 Å². The number of hydrogen-bond donors (Lipinski definition) is 1. The SMILES string of the molecule is CC(O)(c1ccccc1)[n+]1noc([O-])c1-c1ccccc1. The Labute approximate surface area is 121 Å². The van der Waals surface area contributed by atoms with Crippen LogP contribution in [0.5, 0.6) is 5.95 Å². The third-order valence-electron chi connectivity index (χ3n) is 3.39. The van der Waals surface area contributed by atoms with E-state index in [1.54, 1.807) is 31.2 Å². The van der Waals surface area contributed by atoms with E-state index < -0.39 is 11.7 Å². The lowest BCUT2D eigenvalue weighted by Gasteiger charge is -2.15. The van der Waals surface area contributed by atoms with Gasteiger partial charge in [0, 0.05) is 6.92 Å². The second-order valence-corrected chi connectivity index (χ2v) is 4.87. The van der Waals surface area contributed by atoms with Crippen molar-refractivity contribution in [3.8, 4) is 17.2 Å². The van der Waals surface area contributed by atoms with E-state index >= 15 is 0 Å². The fourth-order valence-electron chi connectivity index (χ4n) is 2.26. The van der Waals surface area contributed by atoms with Gasteiger partial charge in [-0.1, -0.05) is 36.4 Å². The first-order chi connectivity index (χ1) is 10.1. The van der Waals surface area contributed by atoms with Crippen molar-refractivity contribution in [2.24, 2.45) is 0 Å². The van der Waals surface area contributed by atoms with Gasteiger partial charge in [-0.2, -0.15) is 0 Å². The summed E-state index contributed by atoms with van der Waals surface area (Å²) in [5.74, 6) is -0.586. The van der Waals surface area contributed by atoms with Crippen molar-refractivity contribution >= 4 is 0 Å². The van der Waals surface area contributed by atoms with Crippen molar-refractivity contribution in [1.82, 2.24) is 5.27 Å². The Balaban J connectivity index is 2.17. The van der Waals surface area contributed by atoms with Gasteiger partial charge < -0.3 is 14.7 Å². The standard InChI is InChI=1S/C16H14N2O3/c1-16(20,13-10-6-3-7-11-13)18-14(15(19)21-17-18)12-8-4-2-5-9-12/h2-11,20H,1H3. The van der Waals surface area contributed by atoms with Crippen molar-refractivity contribution in [2.45, 2.75) is 12.6 Å². The Kier molecular flexibility index (Phi) is 3.19. The molecule has 2 aromatic carbocycles. The molecule has 0 saturated carbocycles. The molecule has 1 heterocycles. The minimum absolute atomic E-state index is 0.212. The zero-order valence-electron chi connectivity index (χ0n) is 11.4. The maximum Gasteiger partial charge on any atom is 0.320 e. The first-order valence-electron chi connectivity index (χ1n) is 6.53. The fourth-order valence-corrected chi connectivity index (χ4v) is 2.26. The molecule has 5 nitrogen and oxygen atoms in total. The van der Waals surface area contributed by atoms with E-state index in [1.165, 1.54) is 4.68 Å². The van der Waals surface area contributed by atoms with Gasteiger partial charge in [-0.05, 0) is 28.9 Å². The number of benzene rings is 2. The molecule has 21 heavy (non-hydrogen) atoms. The average molecular weight is 282 g/mol. The van der Waals surface area contributed by atoms with Gasteiger partial charge in [0.2, 0.25) is 0 Å². The predicted octanol–water partition coefficient (Wildman–Crippen LogP) is 1.42. The summed E-state index contributed by atoms with van der Waals surface area (Å²) in [5, 5.41) is 26.5. The highest BCUT2D eigenvalue weighted by Gasteiger charge is 2.40. The molecule has 0 saturated heterocycles. The molecule has 1 N–H and O–H groups in total. The molecular formula is C16H14N2O3. The van der Waals surface area contributed by atoms with Crippen LogP contribution in [0.4, 0.5) is 0 Å². The highest BCUT2D eigenvalue weighted by atomic mass is 16.6. The van der Waals surface area contributed by atoms with Crippen LogP contribution in [0.15, 0.2) is 65.2 Å². The van der Waals surface area contributed by atoms with Gasteiger partial charge in [0.1, 0.15) is 0 Å². The molecule has 5 heteroatoms. The first kappa shape index (κ1) is 13.3. The Morgan fingerprint density at radius 3 is 2.24 bits per heavy atom. The predicted molar refractivity (Wildman–Crippen MR) is 73.0 cm³/mol. The van der Waals surface area contributed by atoms with Gasteiger partial charge in [0.15, 0.2) is 5.95 Å². The Morgan fingerprint density at radius 2 is 1.62 bits per heavy atom. The van der Waals surface area contributed by atoms with Crippen LogP contribution in [-0.4, -0.2) is 10.4 Å². The molecule has 106 valence electrons. The molecule has 1 unspecified atom stereocenters. The Morgan fingerprint density at radius 1 is 1.05 bits per heavy atom. The molecule has 3 aromatic rings. The van der Waals surface area contributed by atoms with E-state index in [0.717, 1.165) is 0 Å². The molecule has 0 aliphatic heterocycles. The zero-order valence-corrected chi connectivity index (χ0v) is 11.4. The minimum Gasteiger partial charge on any atom is -0.539 e. The highest BCUT2D eigenvalue weighted by molar-refractivity contribution is 5.59. The lowest BCUT2D eigenvalue weighted by atomic mass is 10.0. The second-order valence-electron chi connectivity index (χ2n) is 4.87. The maximum atomic E-state index is 12.0. The molecule has 0 aliphatic carbocycles. The average Bonchev–Trinajstić information content (AvgIpc) is 2.91. The van der Waals surface area contributed by atoms with Gasteiger partial charge in [-0.25, -0.2) is 0 Å². The summed E-state index contributed by atoms with van der Waals surface area (Å²) in [4.78, 5) is 0. The minimum atomic E-state index is -1.49. The Bertz CT molecular complexity index is 737. The van der Waals surface area contributed by atoms with Crippen LogP contribution in [0.25, 0.3) is 11.3 Å². The largest absolute Gasteiger partial charge is 0.539 e. The second kappa shape index (κ2) is 5.03. The molecule has 0 bridgehead atoms. The quantitative estimate of drug-likeness (QED) is 0.737. The maximum absolute atomic E-state index is 12.0. The van der Waals surface area contributed by atoms with Crippen LogP contribution >= 0.6 is 0 Å². The summed E-state index contributed by atoms with van der Waals surface area (Å²) in [6.07, 6.45) is 0. The number of aromatic nitrogens is 2. The summed E-state index contributed by atoms with van der Waals surface area (Å²) in [7, 11) is 0. The Hall–Kier alpha value is -2.66. The molecular weight excluding hydrogens is 268 g/mol. The lowest BCUT2D eigenvalue weighted by Crippen LogP contribution is -2.57. The smallest absolute Gasteiger partial charge is 0.320 e. The van der Waals surface area contributed by atoms with E-state index in [1.807, 2.05) is 36.4 Å². The van der Waals surface area contributed by atoms with Crippen molar-refractivity contribution in [1.29, 1.82) is 0 Å². The summed E-state index contributed by atoms with van der Waals surface area (Å²) >= 11 is 0. The van der Waals surface area contributed by atoms with E-state index in [9.17, 15) is 10.2 Å². The molecule has 0 amide bonds. The van der Waals surface area contributed by atoms with Crippen LogP contribution in [-0.2, 0) is 5.72 Å². The third kappa shape index (κ3) is 2.28. The number of aliphatic hydroxyl groups is 1. The fraction of sp³-hybridized carbons (Fsp3) is 0.125. The molecule has 0 fully saturated rings. The molecule has 0 radical (unpaired) electrons. The van der Waals surface area contributed by atoms with Crippen LogP contribution in [0, 0.1) is 0 Å². The van der Waals surface area contributed by atoms with Crippen molar-refractivity contribution < 1.29 is 19.4 Å². The van der Waals surface area contributed by atoms with Gasteiger partial charge in [-0.3, -0.25) is 0 Å². The van der Waals surface area contributed by atoms with Gasteiger partial charge in [-0.15, -0.1) is 0 Å². The molecule has 1 atom stereocenters.